The fourth-order valence-electron chi connectivity index (χ4n) is 9.74. The second kappa shape index (κ2) is 9.44. The number of rotatable bonds is 6. The third kappa shape index (κ3) is 4.15. The van der Waals surface area contributed by atoms with Gasteiger partial charge in [-0.15, -0.1) is 0 Å². The molecular formula is C29H54O. The highest BCUT2D eigenvalue weighted by molar-refractivity contribution is 5.09. The van der Waals surface area contributed by atoms with Crippen LogP contribution in [0.25, 0.3) is 0 Å². The van der Waals surface area contributed by atoms with Gasteiger partial charge in [0.1, 0.15) is 0 Å². The van der Waals surface area contributed by atoms with Crippen LogP contribution in [0.15, 0.2) is 0 Å². The Kier molecular flexibility index (Phi) is 7.74. The van der Waals surface area contributed by atoms with E-state index in [9.17, 15) is 0 Å². The Bertz CT molecular complexity index is 555. The summed E-state index contributed by atoms with van der Waals surface area (Å²) in [5, 5.41) is 0. The third-order valence-electron chi connectivity index (χ3n) is 11.6. The molecule has 1 nitrogen and oxygen atoms in total. The maximum atomic E-state index is 2.76. The molecule has 0 amide bonds. The SMILES string of the molecule is CCC1CCC2(C)C(CCC3C2CCC2(C)C(C(C)CCCC(C)C)CCC32)C1.O. The van der Waals surface area contributed by atoms with Crippen molar-refractivity contribution in [2.45, 2.75) is 125 Å². The van der Waals surface area contributed by atoms with Crippen molar-refractivity contribution in [3.05, 3.63) is 0 Å². The van der Waals surface area contributed by atoms with Crippen molar-refractivity contribution < 1.29 is 5.48 Å². The molecule has 0 spiro atoms. The Hall–Kier alpha value is -0.0400. The lowest BCUT2D eigenvalue weighted by Crippen LogP contribution is -2.53. The maximum Gasteiger partial charge on any atom is -0.0264 e. The second-order valence-corrected chi connectivity index (χ2v) is 13.2. The van der Waals surface area contributed by atoms with Crippen LogP contribution in [0.4, 0.5) is 0 Å². The van der Waals surface area contributed by atoms with Crippen molar-refractivity contribution in [3.63, 3.8) is 0 Å². The highest BCUT2D eigenvalue weighted by atomic mass is 16.0. The predicted octanol–water partition coefficient (Wildman–Crippen LogP) is 8.31. The van der Waals surface area contributed by atoms with E-state index < -0.39 is 0 Å². The average Bonchev–Trinajstić information content (AvgIpc) is 3.04. The van der Waals surface area contributed by atoms with E-state index in [0.717, 1.165) is 47.3 Å². The van der Waals surface area contributed by atoms with Crippen molar-refractivity contribution in [1.82, 2.24) is 0 Å². The molecule has 4 aliphatic carbocycles. The summed E-state index contributed by atoms with van der Waals surface area (Å²) in [5.41, 5.74) is 1.36. The Morgan fingerprint density at radius 1 is 0.800 bits per heavy atom. The Balaban J connectivity index is 0.00000256. The minimum Gasteiger partial charge on any atom is -0.412 e. The summed E-state index contributed by atoms with van der Waals surface area (Å²) in [6.07, 6.45) is 19.8. The van der Waals surface area contributed by atoms with Gasteiger partial charge in [0, 0.05) is 0 Å². The molecule has 0 saturated heterocycles. The van der Waals surface area contributed by atoms with Gasteiger partial charge in [-0.3, -0.25) is 0 Å². The molecule has 4 rings (SSSR count). The van der Waals surface area contributed by atoms with Gasteiger partial charge in [-0.1, -0.05) is 67.2 Å². The molecule has 0 bridgehead atoms. The van der Waals surface area contributed by atoms with Crippen LogP contribution in [0, 0.1) is 58.2 Å². The van der Waals surface area contributed by atoms with Gasteiger partial charge in [-0.2, -0.15) is 0 Å². The average molecular weight is 419 g/mol. The highest BCUT2D eigenvalue weighted by Crippen LogP contribution is 2.68. The van der Waals surface area contributed by atoms with Crippen LogP contribution in [0.5, 0.6) is 0 Å². The minimum atomic E-state index is 0. The van der Waals surface area contributed by atoms with Gasteiger partial charge >= 0.3 is 0 Å². The minimum absolute atomic E-state index is 0. The maximum absolute atomic E-state index is 2.76. The first kappa shape index (κ1) is 24.6. The van der Waals surface area contributed by atoms with Gasteiger partial charge in [-0.05, 0) is 116 Å². The molecule has 1 heteroatoms. The van der Waals surface area contributed by atoms with Crippen LogP contribution >= 0.6 is 0 Å². The molecule has 0 aromatic heterocycles. The standard InChI is InChI=1S/C29H52.H2O/c1-7-22-15-17-28(5)23(19-22)11-12-24-26-14-13-25(21(4)10-8-9-20(2)3)29(26,6)18-16-27(24)28;/h20-27H,7-19H2,1-6H3;1H2. The molecule has 9 atom stereocenters. The van der Waals surface area contributed by atoms with E-state index in [2.05, 4.69) is 41.5 Å². The molecule has 0 radical (unpaired) electrons. The van der Waals surface area contributed by atoms with E-state index in [4.69, 9.17) is 0 Å². The van der Waals surface area contributed by atoms with Crippen LogP contribution in [0.2, 0.25) is 0 Å². The summed E-state index contributed by atoms with van der Waals surface area (Å²) in [5.74, 6) is 8.13. The quantitative estimate of drug-likeness (QED) is 0.415. The van der Waals surface area contributed by atoms with Gasteiger partial charge in [0.2, 0.25) is 0 Å². The molecule has 30 heavy (non-hydrogen) atoms. The molecule has 4 fully saturated rings. The summed E-state index contributed by atoms with van der Waals surface area (Å²) >= 11 is 0. The molecule has 2 N–H and O–H groups in total. The molecule has 0 aliphatic heterocycles. The normalized spacial score (nSPS) is 46.5. The van der Waals surface area contributed by atoms with Gasteiger partial charge in [-0.25, -0.2) is 0 Å². The Labute approximate surface area is 188 Å². The fourth-order valence-corrected chi connectivity index (χ4v) is 9.74. The third-order valence-corrected chi connectivity index (χ3v) is 11.6. The van der Waals surface area contributed by atoms with E-state index in [1.807, 2.05) is 0 Å². The largest absolute Gasteiger partial charge is 0.412 e. The molecule has 4 saturated carbocycles. The topological polar surface area (TPSA) is 31.5 Å². The van der Waals surface area contributed by atoms with E-state index in [-0.39, 0.29) is 5.48 Å². The fraction of sp³-hybridized carbons (Fsp3) is 1.00. The van der Waals surface area contributed by atoms with Crippen molar-refractivity contribution >= 4 is 0 Å². The Morgan fingerprint density at radius 2 is 1.50 bits per heavy atom. The predicted molar refractivity (Wildman–Crippen MR) is 130 cm³/mol. The van der Waals surface area contributed by atoms with E-state index in [1.54, 1.807) is 51.4 Å². The highest BCUT2D eigenvalue weighted by Gasteiger charge is 2.60. The zero-order chi connectivity index (χ0) is 20.8. The first-order valence-corrected chi connectivity index (χ1v) is 13.8. The number of hydrogen-bond acceptors (Lipinski definition) is 0. The van der Waals surface area contributed by atoms with Gasteiger partial charge in [0.25, 0.3) is 0 Å². The van der Waals surface area contributed by atoms with E-state index >= 15 is 0 Å². The van der Waals surface area contributed by atoms with Crippen molar-refractivity contribution in [2.24, 2.45) is 58.2 Å². The van der Waals surface area contributed by atoms with Crippen LogP contribution < -0.4 is 0 Å². The molecule has 9 unspecified atom stereocenters. The number of hydrogen-bond donors (Lipinski definition) is 0. The van der Waals surface area contributed by atoms with Gasteiger partial charge in [0.15, 0.2) is 0 Å². The van der Waals surface area contributed by atoms with Gasteiger partial charge in [0.05, 0.1) is 0 Å². The van der Waals surface area contributed by atoms with Crippen LogP contribution in [0.3, 0.4) is 0 Å². The lowest BCUT2D eigenvalue weighted by molar-refractivity contribution is -0.121. The van der Waals surface area contributed by atoms with E-state index in [0.29, 0.717) is 10.8 Å². The molecular weight excluding hydrogens is 364 g/mol. The Morgan fingerprint density at radius 3 is 2.20 bits per heavy atom. The van der Waals surface area contributed by atoms with Crippen molar-refractivity contribution in [2.75, 3.05) is 0 Å². The van der Waals surface area contributed by atoms with Crippen LogP contribution in [-0.2, 0) is 0 Å². The van der Waals surface area contributed by atoms with E-state index in [1.165, 1.54) is 32.1 Å². The summed E-state index contributed by atoms with van der Waals surface area (Å²) in [7, 11) is 0. The van der Waals surface area contributed by atoms with Gasteiger partial charge < -0.3 is 5.48 Å². The first-order valence-electron chi connectivity index (χ1n) is 13.8. The summed E-state index contributed by atoms with van der Waals surface area (Å²) < 4.78 is 0. The molecule has 0 heterocycles. The molecule has 0 aromatic carbocycles. The smallest absolute Gasteiger partial charge is 0.0264 e. The number of fused-ring (bicyclic) bond motifs is 5. The lowest BCUT2D eigenvalue weighted by atomic mass is 9.44. The molecule has 0 aromatic rings. The van der Waals surface area contributed by atoms with Crippen LogP contribution in [-0.4, -0.2) is 5.48 Å². The molecule has 4 aliphatic rings. The second-order valence-electron chi connectivity index (χ2n) is 13.2. The summed E-state index contributed by atoms with van der Waals surface area (Å²) in [6, 6.07) is 0. The zero-order valence-electron chi connectivity index (χ0n) is 21.3. The van der Waals surface area contributed by atoms with Crippen molar-refractivity contribution in [1.29, 1.82) is 0 Å². The summed E-state index contributed by atoms with van der Waals surface area (Å²) in [4.78, 5) is 0. The monoisotopic (exact) mass is 418 g/mol. The zero-order valence-corrected chi connectivity index (χ0v) is 21.3. The summed E-state index contributed by atoms with van der Waals surface area (Å²) in [6.45, 7) is 15.4. The van der Waals surface area contributed by atoms with Crippen LogP contribution in [0.1, 0.15) is 125 Å². The first-order chi connectivity index (χ1) is 13.8. The molecule has 176 valence electrons. The van der Waals surface area contributed by atoms with Crippen molar-refractivity contribution in [3.8, 4) is 0 Å². The lowest BCUT2D eigenvalue weighted by Gasteiger charge is -2.61.